The summed E-state index contributed by atoms with van der Waals surface area (Å²) in [5, 5.41) is 13.3. The van der Waals surface area contributed by atoms with Gasteiger partial charge in [0.1, 0.15) is 5.75 Å². The van der Waals surface area contributed by atoms with Crippen molar-refractivity contribution in [3.63, 3.8) is 0 Å². The molecule has 1 aromatic carbocycles. The summed E-state index contributed by atoms with van der Waals surface area (Å²) in [6.45, 7) is 0.188. The summed E-state index contributed by atoms with van der Waals surface area (Å²) in [5.74, 6) is 3.36. The van der Waals surface area contributed by atoms with Crippen LogP contribution in [0.3, 0.4) is 0 Å². The number of nitrogens with zero attached hydrogens (tertiary/aromatic N) is 2. The molecule has 0 spiro atoms. The largest absolute Gasteiger partial charge is 0.483 e. The number of hydrogen-bond donors (Lipinski definition) is 1. The minimum Gasteiger partial charge on any atom is -0.483 e. The van der Waals surface area contributed by atoms with E-state index in [-0.39, 0.29) is 20.0 Å². The molecule has 1 fully saturated rings. The fourth-order valence-electron chi connectivity index (χ4n) is 2.20. The highest BCUT2D eigenvalue weighted by Crippen LogP contribution is 2.39. The van der Waals surface area contributed by atoms with E-state index in [1.807, 2.05) is 0 Å². The van der Waals surface area contributed by atoms with Crippen molar-refractivity contribution in [1.82, 2.24) is 10.1 Å². The molecule has 1 saturated carbocycles. The number of ether oxygens (including phenoxy) is 3. The van der Waals surface area contributed by atoms with Crippen molar-refractivity contribution >= 4 is 0 Å². The third kappa shape index (κ3) is 2.40. The van der Waals surface area contributed by atoms with Gasteiger partial charge in [-0.1, -0.05) is 5.16 Å². The molecule has 7 nitrogen and oxygen atoms in total. The molecular weight excluding hydrogens is 276 g/mol. The summed E-state index contributed by atoms with van der Waals surface area (Å²) >= 11 is 0. The molecule has 21 heavy (non-hydrogen) atoms. The number of rotatable bonds is 5. The van der Waals surface area contributed by atoms with Crippen LogP contribution >= 0.6 is 0 Å². The number of hydrogen-bond acceptors (Lipinski definition) is 7. The number of benzene rings is 1. The van der Waals surface area contributed by atoms with Gasteiger partial charge in [0, 0.05) is 17.5 Å². The van der Waals surface area contributed by atoms with E-state index in [1.165, 1.54) is 0 Å². The van der Waals surface area contributed by atoms with Crippen molar-refractivity contribution in [2.45, 2.75) is 32.0 Å². The van der Waals surface area contributed by atoms with Gasteiger partial charge in [-0.15, -0.1) is 0 Å². The quantitative estimate of drug-likeness (QED) is 0.897. The molecular formula is C14H14N2O5. The normalized spacial score (nSPS) is 16.2. The van der Waals surface area contributed by atoms with E-state index in [0.717, 1.165) is 18.7 Å². The van der Waals surface area contributed by atoms with Crippen LogP contribution in [0, 0.1) is 0 Å². The summed E-state index contributed by atoms with van der Waals surface area (Å²) in [7, 11) is 0. The second-order valence-corrected chi connectivity index (χ2v) is 5.08. The Balaban J connectivity index is 1.50. The molecule has 0 radical (unpaired) electrons. The van der Waals surface area contributed by atoms with Gasteiger partial charge in [0.15, 0.2) is 23.9 Å². The van der Waals surface area contributed by atoms with Gasteiger partial charge in [0.2, 0.25) is 6.79 Å². The minimum atomic E-state index is -0.150. The highest BCUT2D eigenvalue weighted by Gasteiger charge is 2.28. The van der Waals surface area contributed by atoms with Crippen LogP contribution in [0.1, 0.15) is 36.0 Å². The number of aliphatic hydroxyl groups excluding tert-OH is 1. The molecule has 1 N–H and O–H groups in total. The SMILES string of the molecule is OCc1cc2c(cc1OCc1nc(C3CC3)no1)OCO2. The predicted molar refractivity (Wildman–Crippen MR) is 69.1 cm³/mol. The third-order valence-electron chi connectivity index (χ3n) is 3.50. The Morgan fingerprint density at radius 2 is 2.05 bits per heavy atom. The van der Waals surface area contributed by atoms with Crippen LogP contribution in [0.2, 0.25) is 0 Å². The van der Waals surface area contributed by atoms with E-state index in [0.29, 0.717) is 34.6 Å². The van der Waals surface area contributed by atoms with Gasteiger partial charge in [-0.3, -0.25) is 0 Å². The number of aliphatic hydroxyl groups is 1. The molecule has 0 unspecified atom stereocenters. The lowest BCUT2D eigenvalue weighted by Gasteiger charge is -2.09. The molecule has 2 aromatic rings. The molecule has 1 aromatic heterocycles. The predicted octanol–water partition coefficient (Wildman–Crippen LogP) is 1.75. The van der Waals surface area contributed by atoms with Gasteiger partial charge in [-0.2, -0.15) is 4.98 Å². The van der Waals surface area contributed by atoms with Crippen molar-refractivity contribution in [1.29, 1.82) is 0 Å². The van der Waals surface area contributed by atoms with Gasteiger partial charge in [0.05, 0.1) is 6.61 Å². The van der Waals surface area contributed by atoms with Crippen molar-refractivity contribution in [2.24, 2.45) is 0 Å². The first-order chi connectivity index (χ1) is 10.3. The smallest absolute Gasteiger partial charge is 0.264 e. The second-order valence-electron chi connectivity index (χ2n) is 5.08. The molecule has 0 saturated heterocycles. The Morgan fingerprint density at radius 1 is 1.24 bits per heavy atom. The van der Waals surface area contributed by atoms with Crippen LogP contribution in [0.15, 0.2) is 16.7 Å². The summed E-state index contributed by atoms with van der Waals surface area (Å²) in [6, 6.07) is 3.41. The average Bonchev–Trinajstić information content (AvgIpc) is 3.08. The van der Waals surface area contributed by atoms with E-state index in [9.17, 15) is 5.11 Å². The Labute approximate surface area is 120 Å². The first-order valence-electron chi connectivity index (χ1n) is 6.82. The molecule has 1 aliphatic carbocycles. The summed E-state index contributed by atoms with van der Waals surface area (Å²) < 4.78 is 21.4. The molecule has 110 valence electrons. The lowest BCUT2D eigenvalue weighted by Crippen LogP contribution is -1.99. The van der Waals surface area contributed by atoms with Gasteiger partial charge in [0.25, 0.3) is 5.89 Å². The lowest BCUT2D eigenvalue weighted by atomic mass is 10.2. The maximum Gasteiger partial charge on any atom is 0.264 e. The molecule has 0 atom stereocenters. The number of fused-ring (bicyclic) bond motifs is 1. The Kier molecular flexibility index (Phi) is 2.92. The maximum absolute atomic E-state index is 9.40. The summed E-state index contributed by atoms with van der Waals surface area (Å²) in [4.78, 5) is 4.29. The number of aromatic nitrogens is 2. The molecule has 7 heteroatoms. The van der Waals surface area contributed by atoms with E-state index in [4.69, 9.17) is 18.7 Å². The molecule has 0 amide bonds. The van der Waals surface area contributed by atoms with E-state index in [2.05, 4.69) is 10.1 Å². The zero-order valence-corrected chi connectivity index (χ0v) is 11.2. The zero-order chi connectivity index (χ0) is 14.2. The summed E-state index contributed by atoms with van der Waals surface area (Å²) in [5.41, 5.74) is 0.626. The third-order valence-corrected chi connectivity index (χ3v) is 3.50. The average molecular weight is 290 g/mol. The van der Waals surface area contributed by atoms with Crippen LogP contribution in [0.25, 0.3) is 0 Å². The highest BCUT2D eigenvalue weighted by atomic mass is 16.7. The van der Waals surface area contributed by atoms with Gasteiger partial charge in [-0.25, -0.2) is 0 Å². The lowest BCUT2D eigenvalue weighted by molar-refractivity contribution is 0.173. The van der Waals surface area contributed by atoms with Gasteiger partial charge >= 0.3 is 0 Å². The Bertz CT molecular complexity index is 665. The highest BCUT2D eigenvalue weighted by molar-refractivity contribution is 5.51. The van der Waals surface area contributed by atoms with Crippen molar-refractivity contribution in [3.8, 4) is 17.2 Å². The van der Waals surface area contributed by atoms with Crippen LogP contribution < -0.4 is 14.2 Å². The Hall–Kier alpha value is -2.28. The molecule has 2 aliphatic rings. The van der Waals surface area contributed by atoms with Crippen LogP contribution in [-0.4, -0.2) is 22.0 Å². The van der Waals surface area contributed by atoms with E-state index in [1.54, 1.807) is 12.1 Å². The summed E-state index contributed by atoms with van der Waals surface area (Å²) in [6.07, 6.45) is 2.24. The van der Waals surface area contributed by atoms with Crippen LogP contribution in [0.4, 0.5) is 0 Å². The van der Waals surface area contributed by atoms with E-state index < -0.39 is 0 Å². The van der Waals surface area contributed by atoms with Gasteiger partial charge < -0.3 is 23.8 Å². The van der Waals surface area contributed by atoms with Crippen molar-refractivity contribution in [3.05, 3.63) is 29.4 Å². The molecule has 2 heterocycles. The topological polar surface area (TPSA) is 86.8 Å². The fourth-order valence-corrected chi connectivity index (χ4v) is 2.20. The minimum absolute atomic E-state index is 0.150. The van der Waals surface area contributed by atoms with E-state index >= 15 is 0 Å². The van der Waals surface area contributed by atoms with Crippen LogP contribution in [0.5, 0.6) is 17.2 Å². The first kappa shape index (κ1) is 12.5. The standard InChI is InChI=1S/C14H14N2O5/c17-5-9-3-11-12(20-7-19-11)4-10(9)18-6-13-15-14(16-21-13)8-1-2-8/h3-4,8,17H,1-2,5-7H2. The monoisotopic (exact) mass is 290 g/mol. The molecule has 0 bridgehead atoms. The van der Waals surface area contributed by atoms with Gasteiger partial charge in [-0.05, 0) is 18.9 Å². The molecule has 4 rings (SSSR count). The Morgan fingerprint density at radius 3 is 2.81 bits per heavy atom. The van der Waals surface area contributed by atoms with Crippen molar-refractivity contribution in [2.75, 3.05) is 6.79 Å². The second kappa shape index (κ2) is 4.92. The maximum atomic E-state index is 9.40. The van der Waals surface area contributed by atoms with Crippen LogP contribution in [-0.2, 0) is 13.2 Å². The first-order valence-corrected chi connectivity index (χ1v) is 6.82. The molecule has 1 aliphatic heterocycles. The zero-order valence-electron chi connectivity index (χ0n) is 11.2. The fraction of sp³-hybridized carbons (Fsp3) is 0.429. The van der Waals surface area contributed by atoms with Crippen molar-refractivity contribution < 1.29 is 23.8 Å².